The Kier molecular flexibility index (Phi) is 7.41. The van der Waals surface area contributed by atoms with Crippen molar-refractivity contribution in [1.29, 1.82) is 0 Å². The van der Waals surface area contributed by atoms with E-state index in [-0.39, 0.29) is 0 Å². The zero-order valence-corrected chi connectivity index (χ0v) is 19.4. The van der Waals surface area contributed by atoms with E-state index in [0.29, 0.717) is 5.41 Å². The van der Waals surface area contributed by atoms with Gasteiger partial charge in [-0.15, -0.1) is 0 Å². The Morgan fingerprint density at radius 1 is 1.03 bits per heavy atom. The number of fused-ring (bicyclic) bond motifs is 5. The van der Waals surface area contributed by atoms with Crippen molar-refractivity contribution in [2.75, 3.05) is 20.2 Å². The first-order valence-electron chi connectivity index (χ1n) is 12.8. The first kappa shape index (κ1) is 22.1. The highest BCUT2D eigenvalue weighted by Gasteiger charge is 2.54. The second kappa shape index (κ2) is 10.0. The standard InChI is InChI=1S/C27H44N2O/c1-27-16-15-23-22-12-10-21(30-2)19-20(22)9-11-24(23)25(27)13-14-26(27)29-18-8-6-4-3-5-7-17-28/h10,12,19,23-26,29H,3-9,11,13-18,28H2,1-2H3/t23?,24?,25?,26?,27-/m0/s1. The van der Waals surface area contributed by atoms with Crippen LogP contribution in [0, 0.1) is 17.3 Å². The van der Waals surface area contributed by atoms with Gasteiger partial charge in [-0.05, 0) is 111 Å². The predicted octanol–water partition coefficient (Wildman–Crippen LogP) is 5.81. The molecule has 0 spiro atoms. The van der Waals surface area contributed by atoms with Crippen molar-refractivity contribution in [2.24, 2.45) is 23.0 Å². The quantitative estimate of drug-likeness (QED) is 0.477. The van der Waals surface area contributed by atoms with Gasteiger partial charge in [0.15, 0.2) is 0 Å². The van der Waals surface area contributed by atoms with Crippen LogP contribution in [0.2, 0.25) is 0 Å². The zero-order chi connectivity index (χ0) is 21.0. The van der Waals surface area contributed by atoms with Crippen LogP contribution in [0.15, 0.2) is 18.2 Å². The minimum atomic E-state index is 0.506. The fraction of sp³-hybridized carbons (Fsp3) is 0.778. The molecule has 168 valence electrons. The molecule has 0 amide bonds. The second-order valence-corrected chi connectivity index (χ2v) is 10.5. The van der Waals surface area contributed by atoms with Gasteiger partial charge in [0.25, 0.3) is 0 Å². The molecule has 4 rings (SSSR count). The molecule has 3 heteroatoms. The van der Waals surface area contributed by atoms with Crippen LogP contribution in [-0.4, -0.2) is 26.2 Å². The predicted molar refractivity (Wildman–Crippen MR) is 126 cm³/mol. The normalized spacial score (nSPS) is 32.4. The molecule has 30 heavy (non-hydrogen) atoms. The third kappa shape index (κ3) is 4.43. The summed E-state index contributed by atoms with van der Waals surface area (Å²) in [4.78, 5) is 0. The maximum atomic E-state index is 5.59. The maximum absolute atomic E-state index is 5.59. The molecule has 0 bridgehead atoms. The van der Waals surface area contributed by atoms with Crippen LogP contribution < -0.4 is 15.8 Å². The summed E-state index contributed by atoms with van der Waals surface area (Å²) in [6.45, 7) is 4.68. The first-order valence-corrected chi connectivity index (χ1v) is 12.8. The summed E-state index contributed by atoms with van der Waals surface area (Å²) >= 11 is 0. The molecule has 3 nitrogen and oxygen atoms in total. The van der Waals surface area contributed by atoms with E-state index in [0.717, 1.165) is 36.1 Å². The van der Waals surface area contributed by atoms with Gasteiger partial charge in [-0.3, -0.25) is 0 Å². The van der Waals surface area contributed by atoms with E-state index in [2.05, 4.69) is 30.4 Å². The van der Waals surface area contributed by atoms with Crippen LogP contribution in [0.1, 0.15) is 94.6 Å². The van der Waals surface area contributed by atoms with E-state index in [1.807, 2.05) is 0 Å². The summed E-state index contributed by atoms with van der Waals surface area (Å²) in [6.07, 6.45) is 16.1. The Hall–Kier alpha value is -1.06. The number of nitrogens with two attached hydrogens (primary N) is 1. The lowest BCUT2D eigenvalue weighted by Gasteiger charge is -2.51. The van der Waals surface area contributed by atoms with E-state index in [1.54, 1.807) is 18.2 Å². The molecular formula is C27H44N2O. The molecule has 0 saturated heterocycles. The lowest BCUT2D eigenvalue weighted by Crippen LogP contribution is -2.48. The van der Waals surface area contributed by atoms with Crippen molar-refractivity contribution < 1.29 is 4.74 Å². The Balaban J connectivity index is 1.30. The van der Waals surface area contributed by atoms with Crippen LogP contribution >= 0.6 is 0 Å². The number of aryl methyl sites for hydroxylation is 1. The van der Waals surface area contributed by atoms with Gasteiger partial charge in [-0.2, -0.15) is 0 Å². The van der Waals surface area contributed by atoms with E-state index >= 15 is 0 Å². The smallest absolute Gasteiger partial charge is 0.119 e. The SMILES string of the molecule is COc1ccc2c(c1)CCC1C2CC[C@]2(C)C(NCCCCCCCCN)CCC12. The molecule has 0 aromatic heterocycles. The average Bonchev–Trinajstić information content (AvgIpc) is 3.11. The largest absolute Gasteiger partial charge is 0.497 e. The molecule has 0 heterocycles. The monoisotopic (exact) mass is 412 g/mol. The minimum absolute atomic E-state index is 0.506. The highest BCUT2D eigenvalue weighted by Crippen LogP contribution is 2.60. The zero-order valence-electron chi connectivity index (χ0n) is 19.4. The number of unbranched alkanes of at least 4 members (excludes halogenated alkanes) is 5. The Morgan fingerprint density at radius 2 is 1.83 bits per heavy atom. The van der Waals surface area contributed by atoms with Gasteiger partial charge in [0, 0.05) is 6.04 Å². The molecule has 1 aromatic rings. The molecular weight excluding hydrogens is 368 g/mol. The Labute approximate surface area is 184 Å². The van der Waals surface area contributed by atoms with Crippen LogP contribution in [0.4, 0.5) is 0 Å². The highest BCUT2D eigenvalue weighted by molar-refractivity contribution is 5.40. The van der Waals surface area contributed by atoms with E-state index in [1.165, 1.54) is 83.6 Å². The number of hydrogen-bond acceptors (Lipinski definition) is 3. The average molecular weight is 413 g/mol. The molecule has 5 atom stereocenters. The van der Waals surface area contributed by atoms with Crippen LogP contribution in [0.5, 0.6) is 5.75 Å². The van der Waals surface area contributed by atoms with E-state index in [4.69, 9.17) is 10.5 Å². The molecule has 0 radical (unpaired) electrons. The van der Waals surface area contributed by atoms with Crippen molar-refractivity contribution in [1.82, 2.24) is 5.32 Å². The topological polar surface area (TPSA) is 47.3 Å². The summed E-state index contributed by atoms with van der Waals surface area (Å²) in [5.74, 6) is 3.60. The van der Waals surface area contributed by atoms with E-state index in [9.17, 15) is 0 Å². The summed E-state index contributed by atoms with van der Waals surface area (Å²) in [5.41, 5.74) is 9.29. The van der Waals surface area contributed by atoms with Gasteiger partial charge in [0.2, 0.25) is 0 Å². The Morgan fingerprint density at radius 3 is 2.63 bits per heavy atom. The summed E-state index contributed by atoms with van der Waals surface area (Å²) in [6, 6.07) is 7.60. The van der Waals surface area contributed by atoms with Crippen LogP contribution in [0.3, 0.4) is 0 Å². The highest BCUT2D eigenvalue weighted by atomic mass is 16.5. The van der Waals surface area contributed by atoms with Crippen LogP contribution in [-0.2, 0) is 6.42 Å². The maximum Gasteiger partial charge on any atom is 0.119 e. The number of methoxy groups -OCH3 is 1. The number of hydrogen-bond donors (Lipinski definition) is 2. The van der Waals surface area contributed by atoms with Crippen molar-refractivity contribution in [3.8, 4) is 5.75 Å². The molecule has 3 aliphatic rings. The summed E-state index contributed by atoms with van der Waals surface area (Å²) in [7, 11) is 1.78. The second-order valence-electron chi connectivity index (χ2n) is 10.5. The molecule has 3 aliphatic carbocycles. The third-order valence-corrected chi connectivity index (χ3v) is 8.96. The Bertz CT molecular complexity index is 689. The first-order chi connectivity index (χ1) is 14.7. The van der Waals surface area contributed by atoms with Gasteiger partial charge >= 0.3 is 0 Å². The van der Waals surface area contributed by atoms with Crippen LogP contribution in [0.25, 0.3) is 0 Å². The molecule has 2 fully saturated rings. The molecule has 2 saturated carbocycles. The van der Waals surface area contributed by atoms with Gasteiger partial charge in [0.05, 0.1) is 7.11 Å². The summed E-state index contributed by atoms with van der Waals surface area (Å²) < 4.78 is 5.48. The van der Waals surface area contributed by atoms with Crippen molar-refractivity contribution in [3.63, 3.8) is 0 Å². The van der Waals surface area contributed by atoms with Crippen molar-refractivity contribution in [3.05, 3.63) is 29.3 Å². The fourth-order valence-electron chi connectivity index (χ4n) is 7.27. The minimum Gasteiger partial charge on any atom is -0.497 e. The van der Waals surface area contributed by atoms with Gasteiger partial charge < -0.3 is 15.8 Å². The molecule has 0 aliphatic heterocycles. The van der Waals surface area contributed by atoms with Crippen molar-refractivity contribution >= 4 is 0 Å². The van der Waals surface area contributed by atoms with E-state index < -0.39 is 0 Å². The summed E-state index contributed by atoms with van der Waals surface area (Å²) in [5, 5.41) is 4.02. The van der Waals surface area contributed by atoms with Gasteiger partial charge in [-0.25, -0.2) is 0 Å². The number of benzene rings is 1. The molecule has 3 N–H and O–H groups in total. The third-order valence-electron chi connectivity index (χ3n) is 8.96. The number of ether oxygens (including phenoxy) is 1. The number of rotatable bonds is 10. The number of nitrogens with one attached hydrogen (secondary N) is 1. The molecule has 1 aromatic carbocycles. The van der Waals surface area contributed by atoms with Gasteiger partial charge in [0.1, 0.15) is 5.75 Å². The molecule has 4 unspecified atom stereocenters. The van der Waals surface area contributed by atoms with Crippen molar-refractivity contribution in [2.45, 2.75) is 95.9 Å². The lowest BCUT2D eigenvalue weighted by molar-refractivity contribution is 0.0412. The van der Waals surface area contributed by atoms with Gasteiger partial charge in [-0.1, -0.05) is 38.7 Å². The fourth-order valence-corrected chi connectivity index (χ4v) is 7.27. The lowest BCUT2D eigenvalue weighted by atomic mass is 9.55.